The third-order valence-corrected chi connectivity index (χ3v) is 2.92. The normalized spacial score (nSPS) is 10.2. The minimum atomic E-state index is -0.650. The van der Waals surface area contributed by atoms with E-state index in [1.165, 1.54) is 6.07 Å². The van der Waals surface area contributed by atoms with Crippen molar-refractivity contribution in [3.8, 4) is 0 Å². The van der Waals surface area contributed by atoms with E-state index in [0.717, 1.165) is 0 Å². The first-order valence-corrected chi connectivity index (χ1v) is 4.91. The molecule has 0 aromatic heterocycles. The molecule has 0 atom stereocenters. The number of Topliss-reactive ketones (excluding diaryl/α,β-unsaturated/α-hetero) is 1. The van der Waals surface area contributed by atoms with Crippen LogP contribution in [-0.4, -0.2) is 5.78 Å². The Morgan fingerprint density at radius 1 is 1.62 bits per heavy atom. The first-order chi connectivity index (χ1) is 6.07. The molecule has 1 nitrogen and oxygen atoms in total. The van der Waals surface area contributed by atoms with E-state index in [-0.39, 0.29) is 22.8 Å². The molecule has 0 amide bonds. The van der Waals surface area contributed by atoms with Crippen LogP contribution in [0.2, 0.25) is 5.02 Å². The van der Waals surface area contributed by atoms with Crippen molar-refractivity contribution in [2.24, 2.45) is 0 Å². The molecule has 0 aliphatic carbocycles. The van der Waals surface area contributed by atoms with Crippen molar-refractivity contribution < 1.29 is 9.18 Å². The standard InChI is InChI=1S/C9H7BrClFO/c1-2-7(13)5-3-4-6(10)8(11)9(5)12/h3-4H,2H2,1H3. The highest BCUT2D eigenvalue weighted by Crippen LogP contribution is 2.27. The number of ketones is 1. The first-order valence-electron chi connectivity index (χ1n) is 3.74. The number of rotatable bonds is 2. The molecule has 1 aromatic carbocycles. The molecule has 4 heteroatoms. The molecule has 0 radical (unpaired) electrons. The van der Waals surface area contributed by atoms with E-state index in [1.807, 2.05) is 0 Å². The second kappa shape index (κ2) is 4.20. The predicted octanol–water partition coefficient (Wildman–Crippen LogP) is 3.83. The van der Waals surface area contributed by atoms with Crippen molar-refractivity contribution in [3.05, 3.63) is 33.0 Å². The molecule has 0 aliphatic rings. The van der Waals surface area contributed by atoms with E-state index in [1.54, 1.807) is 13.0 Å². The highest BCUT2D eigenvalue weighted by molar-refractivity contribution is 9.10. The predicted molar refractivity (Wildman–Crippen MR) is 53.7 cm³/mol. The number of carbonyl (C=O) groups excluding carboxylic acids is 1. The fraction of sp³-hybridized carbons (Fsp3) is 0.222. The molecule has 70 valence electrons. The Morgan fingerprint density at radius 2 is 2.23 bits per heavy atom. The minimum Gasteiger partial charge on any atom is -0.294 e. The Bertz CT molecular complexity index is 352. The van der Waals surface area contributed by atoms with Gasteiger partial charge in [-0.2, -0.15) is 0 Å². The number of hydrogen-bond donors (Lipinski definition) is 0. The maximum atomic E-state index is 13.3. The average molecular weight is 266 g/mol. The van der Waals surface area contributed by atoms with E-state index in [9.17, 15) is 9.18 Å². The van der Waals surface area contributed by atoms with Gasteiger partial charge in [-0.25, -0.2) is 4.39 Å². The van der Waals surface area contributed by atoms with Gasteiger partial charge in [-0.3, -0.25) is 4.79 Å². The van der Waals surface area contributed by atoms with Crippen LogP contribution < -0.4 is 0 Å². The van der Waals surface area contributed by atoms with Crippen LogP contribution in [-0.2, 0) is 0 Å². The molecule has 1 rings (SSSR count). The third kappa shape index (κ3) is 2.09. The summed E-state index contributed by atoms with van der Waals surface area (Å²) in [6.07, 6.45) is 0.273. The molecule has 13 heavy (non-hydrogen) atoms. The second-order valence-electron chi connectivity index (χ2n) is 2.50. The third-order valence-electron chi connectivity index (χ3n) is 1.66. The molecule has 0 unspecified atom stereocenters. The Balaban J connectivity index is 3.26. The van der Waals surface area contributed by atoms with E-state index < -0.39 is 5.82 Å². The summed E-state index contributed by atoms with van der Waals surface area (Å²) in [5, 5.41) is -0.0423. The lowest BCUT2D eigenvalue weighted by atomic mass is 10.1. The SMILES string of the molecule is CCC(=O)c1ccc(Br)c(Cl)c1F. The molecule has 0 bridgehead atoms. The zero-order valence-corrected chi connectivity index (χ0v) is 9.25. The fourth-order valence-corrected chi connectivity index (χ4v) is 1.40. The number of benzene rings is 1. The van der Waals surface area contributed by atoms with Gasteiger partial charge in [0.1, 0.15) is 0 Å². The summed E-state index contributed by atoms with van der Waals surface area (Å²) in [6.45, 7) is 1.68. The summed E-state index contributed by atoms with van der Waals surface area (Å²) in [4.78, 5) is 11.2. The molecule has 0 saturated heterocycles. The lowest BCUT2D eigenvalue weighted by Gasteiger charge is -2.03. The largest absolute Gasteiger partial charge is 0.294 e. The van der Waals surface area contributed by atoms with Crippen LogP contribution in [0.25, 0.3) is 0 Å². The molecule has 0 spiro atoms. The van der Waals surface area contributed by atoms with Crippen molar-refractivity contribution in [1.82, 2.24) is 0 Å². The van der Waals surface area contributed by atoms with Crippen molar-refractivity contribution >= 4 is 33.3 Å². The van der Waals surface area contributed by atoms with Crippen molar-refractivity contribution in [3.63, 3.8) is 0 Å². The van der Waals surface area contributed by atoms with Gasteiger partial charge in [-0.15, -0.1) is 0 Å². The quantitative estimate of drug-likeness (QED) is 0.586. The summed E-state index contributed by atoms with van der Waals surface area (Å²) in [5.41, 5.74) is 0.0516. The Morgan fingerprint density at radius 3 is 2.77 bits per heavy atom. The summed E-state index contributed by atoms with van der Waals surface area (Å²) in [7, 11) is 0. The van der Waals surface area contributed by atoms with Crippen molar-refractivity contribution in [1.29, 1.82) is 0 Å². The highest BCUT2D eigenvalue weighted by Gasteiger charge is 2.14. The van der Waals surface area contributed by atoms with Gasteiger partial charge in [-0.05, 0) is 28.1 Å². The molecular weight excluding hydrogens is 258 g/mol. The second-order valence-corrected chi connectivity index (χ2v) is 3.73. The Hall–Kier alpha value is -0.410. The van der Waals surface area contributed by atoms with Gasteiger partial charge < -0.3 is 0 Å². The number of halogens is 3. The zero-order valence-electron chi connectivity index (χ0n) is 6.90. The van der Waals surface area contributed by atoms with Gasteiger partial charge in [0.05, 0.1) is 10.6 Å². The Labute approximate surface area is 89.0 Å². The summed E-state index contributed by atoms with van der Waals surface area (Å²) in [5.74, 6) is -0.894. The Kier molecular flexibility index (Phi) is 3.45. The van der Waals surface area contributed by atoms with E-state index in [2.05, 4.69) is 15.9 Å². The number of hydrogen-bond acceptors (Lipinski definition) is 1. The van der Waals surface area contributed by atoms with Crippen LogP contribution in [0.5, 0.6) is 0 Å². The van der Waals surface area contributed by atoms with E-state index >= 15 is 0 Å². The van der Waals surface area contributed by atoms with Crippen LogP contribution in [0, 0.1) is 5.82 Å². The smallest absolute Gasteiger partial charge is 0.165 e. The van der Waals surface area contributed by atoms with Crippen molar-refractivity contribution in [2.75, 3.05) is 0 Å². The molecule has 0 N–H and O–H groups in total. The van der Waals surface area contributed by atoms with Gasteiger partial charge in [0, 0.05) is 10.9 Å². The topological polar surface area (TPSA) is 17.1 Å². The van der Waals surface area contributed by atoms with Gasteiger partial charge >= 0.3 is 0 Å². The highest BCUT2D eigenvalue weighted by atomic mass is 79.9. The van der Waals surface area contributed by atoms with Crippen molar-refractivity contribution in [2.45, 2.75) is 13.3 Å². The molecule has 1 aromatic rings. The summed E-state index contributed by atoms with van der Waals surface area (Å²) in [6, 6.07) is 2.99. The molecule has 0 heterocycles. The van der Waals surface area contributed by atoms with Gasteiger partial charge in [0.2, 0.25) is 0 Å². The molecule has 0 aliphatic heterocycles. The summed E-state index contributed by atoms with van der Waals surface area (Å²) < 4.78 is 13.8. The molecule has 0 fully saturated rings. The maximum Gasteiger partial charge on any atom is 0.165 e. The lowest BCUT2D eigenvalue weighted by molar-refractivity contribution is 0.0984. The molecular formula is C9H7BrClFO. The fourth-order valence-electron chi connectivity index (χ4n) is 0.932. The maximum absolute atomic E-state index is 13.3. The van der Waals surface area contributed by atoms with Crippen LogP contribution in [0.4, 0.5) is 4.39 Å². The van der Waals surface area contributed by atoms with Crippen LogP contribution in [0.3, 0.4) is 0 Å². The van der Waals surface area contributed by atoms with Gasteiger partial charge in [0.15, 0.2) is 11.6 Å². The zero-order chi connectivity index (χ0) is 10.0. The van der Waals surface area contributed by atoms with Gasteiger partial charge in [0.25, 0.3) is 0 Å². The van der Waals surface area contributed by atoms with Gasteiger partial charge in [-0.1, -0.05) is 18.5 Å². The monoisotopic (exact) mass is 264 g/mol. The van der Waals surface area contributed by atoms with Crippen LogP contribution in [0.1, 0.15) is 23.7 Å². The van der Waals surface area contributed by atoms with Crippen LogP contribution in [0.15, 0.2) is 16.6 Å². The van der Waals surface area contributed by atoms with E-state index in [0.29, 0.717) is 4.47 Å². The summed E-state index contributed by atoms with van der Waals surface area (Å²) >= 11 is 8.68. The minimum absolute atomic E-state index is 0.0423. The molecule has 0 saturated carbocycles. The van der Waals surface area contributed by atoms with Crippen LogP contribution >= 0.6 is 27.5 Å². The lowest BCUT2D eigenvalue weighted by Crippen LogP contribution is -2.00. The van der Waals surface area contributed by atoms with E-state index in [4.69, 9.17) is 11.6 Å². The average Bonchev–Trinajstić information content (AvgIpc) is 2.13. The number of carbonyl (C=O) groups is 1. The first kappa shape index (κ1) is 10.7.